The number of benzene rings is 1. The van der Waals surface area contributed by atoms with Crippen molar-refractivity contribution < 1.29 is 0 Å². The lowest BCUT2D eigenvalue weighted by Gasteiger charge is -2.05. The molecule has 0 aliphatic heterocycles. The van der Waals surface area contributed by atoms with Gasteiger partial charge in [0.2, 0.25) is 0 Å². The van der Waals surface area contributed by atoms with Gasteiger partial charge in [-0.2, -0.15) is 0 Å². The first-order valence-corrected chi connectivity index (χ1v) is 8.74. The largest absolute Gasteiger partial charge is 0.137 e. The van der Waals surface area contributed by atoms with Gasteiger partial charge in [0, 0.05) is 9.79 Å². The van der Waals surface area contributed by atoms with Gasteiger partial charge in [-0.25, -0.2) is 0 Å². The smallest absolute Gasteiger partial charge is 0.0646 e. The van der Waals surface area contributed by atoms with Crippen LogP contribution < -0.4 is 0 Å². The Morgan fingerprint density at radius 3 is 2.22 bits per heavy atom. The van der Waals surface area contributed by atoms with Gasteiger partial charge in [-0.3, -0.25) is 0 Å². The van der Waals surface area contributed by atoms with Crippen LogP contribution in [0.25, 0.3) is 0 Å². The topological polar surface area (TPSA) is 0 Å². The molecule has 1 radical (unpaired) electrons. The zero-order valence-electron chi connectivity index (χ0n) is 9.33. The summed E-state index contributed by atoms with van der Waals surface area (Å²) in [7, 11) is 0. The van der Waals surface area contributed by atoms with Crippen LogP contribution in [0.1, 0.15) is 0 Å². The summed E-state index contributed by atoms with van der Waals surface area (Å²) in [5.41, 5.74) is 0. The van der Waals surface area contributed by atoms with E-state index in [-0.39, 0.29) is 0 Å². The second-order valence-electron chi connectivity index (χ2n) is 3.43. The average Bonchev–Trinajstić information content (AvgIpc) is 3.05. The van der Waals surface area contributed by atoms with Crippen LogP contribution in [0, 0.1) is 6.07 Å². The molecular weight excluding hydrogens is 296 g/mol. The molecule has 18 heavy (non-hydrogen) atoms. The standard InChI is InChI=1S/C14H9S4/c1-2-6-12(18-14-8-4-10-16-14)11(5-1)17-13-7-3-9-15-13/h1-5,7-10H. The predicted octanol–water partition coefficient (Wildman–Crippen LogP) is 5.91. The molecule has 0 bridgehead atoms. The fourth-order valence-corrected chi connectivity index (χ4v) is 5.11. The van der Waals surface area contributed by atoms with Crippen LogP contribution in [0.15, 0.2) is 71.4 Å². The Hall–Kier alpha value is -0.680. The van der Waals surface area contributed by atoms with Crippen LogP contribution in [0.2, 0.25) is 0 Å². The second-order valence-corrected chi connectivity index (χ2v) is 7.98. The van der Waals surface area contributed by atoms with Gasteiger partial charge in [0.25, 0.3) is 0 Å². The third kappa shape index (κ3) is 3.01. The molecule has 0 aliphatic carbocycles. The Morgan fingerprint density at radius 2 is 1.56 bits per heavy atom. The number of thiophene rings is 2. The van der Waals surface area contributed by atoms with Crippen molar-refractivity contribution in [1.29, 1.82) is 0 Å². The van der Waals surface area contributed by atoms with E-state index in [1.807, 2.05) is 17.8 Å². The lowest BCUT2D eigenvalue weighted by molar-refractivity contribution is 1.24. The Morgan fingerprint density at radius 1 is 0.833 bits per heavy atom. The molecule has 2 heterocycles. The Labute approximate surface area is 123 Å². The first-order chi connectivity index (χ1) is 8.92. The maximum absolute atomic E-state index is 3.34. The van der Waals surface area contributed by atoms with E-state index in [0.29, 0.717) is 0 Å². The van der Waals surface area contributed by atoms with Crippen molar-refractivity contribution in [1.82, 2.24) is 0 Å². The second kappa shape index (κ2) is 5.97. The third-order valence-corrected chi connectivity index (χ3v) is 6.49. The van der Waals surface area contributed by atoms with E-state index in [1.165, 1.54) is 18.2 Å². The summed E-state index contributed by atoms with van der Waals surface area (Å²) in [6.45, 7) is 0. The minimum Gasteiger partial charge on any atom is -0.137 e. The molecule has 3 rings (SSSR count). The van der Waals surface area contributed by atoms with Crippen LogP contribution in [-0.4, -0.2) is 0 Å². The Kier molecular flexibility index (Phi) is 4.10. The lowest BCUT2D eigenvalue weighted by atomic mass is 10.4. The maximum Gasteiger partial charge on any atom is 0.0646 e. The zero-order valence-corrected chi connectivity index (χ0v) is 12.6. The van der Waals surface area contributed by atoms with E-state index in [9.17, 15) is 0 Å². The van der Waals surface area contributed by atoms with Gasteiger partial charge in [-0.15, -0.1) is 22.7 Å². The van der Waals surface area contributed by atoms with Crippen LogP contribution >= 0.6 is 46.2 Å². The molecule has 0 atom stereocenters. The molecule has 0 nitrogen and oxygen atoms in total. The van der Waals surface area contributed by atoms with Gasteiger partial charge in [-0.05, 0) is 35.0 Å². The van der Waals surface area contributed by atoms with Crippen molar-refractivity contribution in [3.63, 3.8) is 0 Å². The predicted molar refractivity (Wildman–Crippen MR) is 82.2 cm³/mol. The van der Waals surface area contributed by atoms with Crippen LogP contribution in [0.3, 0.4) is 0 Å². The summed E-state index contributed by atoms with van der Waals surface area (Å²) in [5, 5.41) is 4.22. The van der Waals surface area contributed by atoms with Crippen molar-refractivity contribution in [2.75, 3.05) is 0 Å². The average molecular weight is 305 g/mol. The molecule has 89 valence electrons. The Balaban J connectivity index is 1.85. The molecule has 2 aromatic heterocycles. The Bertz CT molecular complexity index is 541. The highest BCUT2D eigenvalue weighted by Crippen LogP contribution is 2.40. The molecule has 0 fully saturated rings. The van der Waals surface area contributed by atoms with Gasteiger partial charge in [0.05, 0.1) is 8.42 Å². The quantitative estimate of drug-likeness (QED) is 0.587. The highest BCUT2D eigenvalue weighted by atomic mass is 32.2. The van der Waals surface area contributed by atoms with E-state index in [4.69, 9.17) is 0 Å². The van der Waals surface area contributed by atoms with Crippen molar-refractivity contribution in [3.8, 4) is 0 Å². The van der Waals surface area contributed by atoms with Crippen LogP contribution in [0.4, 0.5) is 0 Å². The molecule has 0 saturated heterocycles. The minimum atomic E-state index is 1.21. The molecule has 0 unspecified atom stereocenters. The fraction of sp³-hybridized carbons (Fsp3) is 0. The van der Waals surface area contributed by atoms with Gasteiger partial charge < -0.3 is 0 Å². The zero-order chi connectivity index (χ0) is 12.2. The summed E-state index contributed by atoms with van der Waals surface area (Å²) >= 11 is 7.15. The van der Waals surface area contributed by atoms with E-state index >= 15 is 0 Å². The van der Waals surface area contributed by atoms with E-state index in [0.717, 1.165) is 0 Å². The third-order valence-electron chi connectivity index (χ3n) is 2.19. The summed E-state index contributed by atoms with van der Waals surface area (Å²) in [6, 6.07) is 18.0. The van der Waals surface area contributed by atoms with E-state index in [1.54, 1.807) is 34.4 Å². The molecule has 0 aliphatic rings. The molecule has 0 spiro atoms. The van der Waals surface area contributed by atoms with Crippen molar-refractivity contribution in [2.45, 2.75) is 18.2 Å². The normalized spacial score (nSPS) is 10.7. The number of hydrogen-bond acceptors (Lipinski definition) is 4. The summed E-state index contributed by atoms with van der Waals surface area (Å²) in [5.74, 6) is 0. The van der Waals surface area contributed by atoms with E-state index in [2.05, 4.69) is 53.2 Å². The highest BCUT2D eigenvalue weighted by molar-refractivity contribution is 8.04. The van der Waals surface area contributed by atoms with Crippen molar-refractivity contribution in [3.05, 3.63) is 59.3 Å². The van der Waals surface area contributed by atoms with Crippen LogP contribution in [-0.2, 0) is 0 Å². The number of hydrogen-bond donors (Lipinski definition) is 0. The van der Waals surface area contributed by atoms with Crippen LogP contribution in [0.5, 0.6) is 0 Å². The first-order valence-electron chi connectivity index (χ1n) is 5.35. The molecule has 3 aromatic rings. The van der Waals surface area contributed by atoms with Gasteiger partial charge in [0.1, 0.15) is 0 Å². The molecule has 1 aromatic carbocycles. The van der Waals surface area contributed by atoms with Gasteiger partial charge in [0.15, 0.2) is 0 Å². The monoisotopic (exact) mass is 305 g/mol. The first kappa shape index (κ1) is 12.4. The SMILES string of the molecule is [c]1cccc(Sc2cccs2)c1Sc1cccs1. The lowest BCUT2D eigenvalue weighted by Crippen LogP contribution is -1.77. The maximum atomic E-state index is 3.34. The molecule has 0 amide bonds. The number of rotatable bonds is 4. The van der Waals surface area contributed by atoms with Gasteiger partial charge >= 0.3 is 0 Å². The van der Waals surface area contributed by atoms with Crippen molar-refractivity contribution >= 4 is 46.2 Å². The molecule has 0 saturated carbocycles. The van der Waals surface area contributed by atoms with Gasteiger partial charge in [-0.1, -0.05) is 47.8 Å². The van der Waals surface area contributed by atoms with Crippen molar-refractivity contribution in [2.24, 2.45) is 0 Å². The fourth-order valence-electron chi connectivity index (χ4n) is 1.42. The van der Waals surface area contributed by atoms with E-state index < -0.39 is 0 Å². The molecule has 0 N–H and O–H groups in total. The summed E-state index contributed by atoms with van der Waals surface area (Å²) in [4.78, 5) is 2.48. The highest BCUT2D eigenvalue weighted by Gasteiger charge is 2.07. The molecule has 4 heteroatoms. The molecular formula is C14H9S4. The minimum absolute atomic E-state index is 1.21. The summed E-state index contributed by atoms with van der Waals surface area (Å²) < 4.78 is 2.63. The summed E-state index contributed by atoms with van der Waals surface area (Å²) in [6.07, 6.45) is 0.